The van der Waals surface area contributed by atoms with Gasteiger partial charge in [-0.1, -0.05) is 37.3 Å². The average Bonchev–Trinajstić information content (AvgIpc) is 2.37. The molecule has 2 aromatic rings. The standard InChI is InChI=1S/C14H13O3/c1-2-9-17-14(16)12-8-7-10-5-3-4-6-11(10)13(12)15/h3-8H,2,9H2,1H3. The van der Waals surface area contributed by atoms with Crippen LogP contribution in [0.2, 0.25) is 0 Å². The normalized spacial score (nSPS) is 10.4. The second-order valence-corrected chi connectivity index (χ2v) is 3.80. The van der Waals surface area contributed by atoms with Crippen LogP contribution in [-0.4, -0.2) is 12.6 Å². The molecular formula is C14H13O3. The smallest absolute Gasteiger partial charge is 0.342 e. The van der Waals surface area contributed by atoms with E-state index in [0.29, 0.717) is 12.0 Å². The van der Waals surface area contributed by atoms with Crippen LogP contribution in [0.25, 0.3) is 10.8 Å². The Labute approximate surface area is 99.6 Å². The maximum atomic E-state index is 12.0. The van der Waals surface area contributed by atoms with E-state index in [1.807, 2.05) is 19.1 Å². The summed E-state index contributed by atoms with van der Waals surface area (Å²) in [7, 11) is 0. The predicted octanol–water partition coefficient (Wildman–Crippen LogP) is 3.55. The second kappa shape index (κ2) is 4.87. The van der Waals surface area contributed by atoms with Crippen molar-refractivity contribution in [2.24, 2.45) is 0 Å². The number of fused-ring (bicyclic) bond motifs is 1. The number of hydrogen-bond acceptors (Lipinski definition) is 2. The molecule has 0 saturated carbocycles. The number of carbonyl (C=O) groups is 1. The summed E-state index contributed by atoms with van der Waals surface area (Å²) in [5.74, 6) is -0.799. The summed E-state index contributed by atoms with van der Waals surface area (Å²) in [6.45, 7) is 2.25. The molecule has 2 aromatic carbocycles. The predicted molar refractivity (Wildman–Crippen MR) is 64.7 cm³/mol. The lowest BCUT2D eigenvalue weighted by atomic mass is 10.1. The zero-order valence-electron chi connectivity index (χ0n) is 9.60. The second-order valence-electron chi connectivity index (χ2n) is 3.80. The maximum absolute atomic E-state index is 12.0. The van der Waals surface area contributed by atoms with Crippen molar-refractivity contribution >= 4 is 16.7 Å². The Kier molecular flexibility index (Phi) is 3.28. The van der Waals surface area contributed by atoms with Crippen molar-refractivity contribution in [3.63, 3.8) is 0 Å². The highest BCUT2D eigenvalue weighted by atomic mass is 16.5. The molecule has 3 heteroatoms. The minimum atomic E-state index is -0.539. The summed E-state index contributed by atoms with van der Waals surface area (Å²) in [6.07, 6.45) is 0.744. The molecule has 87 valence electrons. The van der Waals surface area contributed by atoms with Crippen LogP contribution >= 0.6 is 0 Å². The van der Waals surface area contributed by atoms with Gasteiger partial charge in [0.15, 0.2) is 0 Å². The monoisotopic (exact) mass is 229 g/mol. The van der Waals surface area contributed by atoms with Gasteiger partial charge < -0.3 is 4.74 Å². The Morgan fingerprint density at radius 1 is 1.18 bits per heavy atom. The summed E-state index contributed by atoms with van der Waals surface area (Å²) in [6, 6.07) is 10.5. The van der Waals surface area contributed by atoms with E-state index in [9.17, 15) is 9.90 Å². The first-order valence-electron chi connectivity index (χ1n) is 5.60. The molecule has 0 bridgehead atoms. The summed E-state index contributed by atoms with van der Waals surface area (Å²) >= 11 is 0. The zero-order chi connectivity index (χ0) is 12.3. The molecule has 0 aliphatic rings. The third-order valence-corrected chi connectivity index (χ3v) is 2.54. The lowest BCUT2D eigenvalue weighted by molar-refractivity contribution is 0.0500. The van der Waals surface area contributed by atoms with Gasteiger partial charge in [0.05, 0.1) is 6.61 Å². The van der Waals surface area contributed by atoms with Crippen LogP contribution in [0.1, 0.15) is 23.7 Å². The van der Waals surface area contributed by atoms with E-state index < -0.39 is 5.97 Å². The molecule has 17 heavy (non-hydrogen) atoms. The van der Waals surface area contributed by atoms with Crippen molar-refractivity contribution in [2.45, 2.75) is 13.3 Å². The van der Waals surface area contributed by atoms with Crippen molar-refractivity contribution in [3.05, 3.63) is 42.0 Å². The van der Waals surface area contributed by atoms with Crippen molar-refractivity contribution < 1.29 is 14.6 Å². The van der Waals surface area contributed by atoms with E-state index in [0.717, 1.165) is 11.8 Å². The van der Waals surface area contributed by atoms with Crippen LogP contribution in [0.5, 0.6) is 5.75 Å². The number of rotatable bonds is 3. The molecule has 0 unspecified atom stereocenters. The number of hydrogen-bond donors (Lipinski definition) is 0. The Hall–Kier alpha value is -2.03. The lowest BCUT2D eigenvalue weighted by Gasteiger charge is -2.05. The van der Waals surface area contributed by atoms with Gasteiger partial charge in [-0.2, -0.15) is 0 Å². The van der Waals surface area contributed by atoms with Crippen LogP contribution in [0, 0.1) is 0 Å². The van der Waals surface area contributed by atoms with Gasteiger partial charge in [-0.05, 0) is 17.9 Å². The molecule has 0 aliphatic carbocycles. The van der Waals surface area contributed by atoms with Crippen LogP contribution < -0.4 is 0 Å². The molecule has 0 aliphatic heterocycles. The maximum Gasteiger partial charge on any atom is 0.342 e. The molecule has 1 radical (unpaired) electrons. The van der Waals surface area contributed by atoms with E-state index in [2.05, 4.69) is 0 Å². The topological polar surface area (TPSA) is 46.2 Å². The first-order valence-corrected chi connectivity index (χ1v) is 5.60. The van der Waals surface area contributed by atoms with Crippen LogP contribution in [-0.2, 0) is 9.84 Å². The number of benzene rings is 2. The number of esters is 1. The van der Waals surface area contributed by atoms with Crippen molar-refractivity contribution in [3.8, 4) is 5.75 Å². The van der Waals surface area contributed by atoms with Gasteiger partial charge >= 0.3 is 5.97 Å². The first-order chi connectivity index (χ1) is 8.24. The fourth-order valence-corrected chi connectivity index (χ4v) is 1.68. The molecule has 0 spiro atoms. The fourth-order valence-electron chi connectivity index (χ4n) is 1.68. The highest BCUT2D eigenvalue weighted by Crippen LogP contribution is 2.29. The van der Waals surface area contributed by atoms with E-state index in [4.69, 9.17) is 4.74 Å². The van der Waals surface area contributed by atoms with Gasteiger partial charge in [-0.25, -0.2) is 4.79 Å². The van der Waals surface area contributed by atoms with Crippen LogP contribution in [0.4, 0.5) is 0 Å². The van der Waals surface area contributed by atoms with Gasteiger partial charge in [0, 0.05) is 5.39 Å². The highest BCUT2D eigenvalue weighted by Gasteiger charge is 2.16. The third-order valence-electron chi connectivity index (χ3n) is 2.54. The molecule has 3 nitrogen and oxygen atoms in total. The Morgan fingerprint density at radius 3 is 2.71 bits per heavy atom. The number of ether oxygens (including phenoxy) is 1. The number of carbonyl (C=O) groups excluding carboxylic acids is 1. The van der Waals surface area contributed by atoms with E-state index in [1.54, 1.807) is 18.2 Å². The summed E-state index contributed by atoms with van der Waals surface area (Å²) in [4.78, 5) is 11.6. The summed E-state index contributed by atoms with van der Waals surface area (Å²) < 4.78 is 4.97. The van der Waals surface area contributed by atoms with Gasteiger partial charge in [-0.15, -0.1) is 0 Å². The SMILES string of the molecule is CCCOC(=O)c1ccc2ccccc2c1[O]. The van der Waals surface area contributed by atoms with E-state index in [1.165, 1.54) is 6.07 Å². The molecule has 0 aromatic heterocycles. The minimum absolute atomic E-state index is 0.108. The fraction of sp³-hybridized carbons (Fsp3) is 0.214. The summed E-state index contributed by atoms with van der Waals surface area (Å²) in [5.41, 5.74) is 0.108. The Morgan fingerprint density at radius 2 is 1.94 bits per heavy atom. The minimum Gasteiger partial charge on any atom is -0.462 e. The zero-order valence-corrected chi connectivity index (χ0v) is 9.60. The van der Waals surface area contributed by atoms with Crippen molar-refractivity contribution in [1.29, 1.82) is 0 Å². The molecule has 0 saturated heterocycles. The largest absolute Gasteiger partial charge is 0.462 e. The highest BCUT2D eigenvalue weighted by molar-refractivity contribution is 6.00. The molecule has 0 atom stereocenters. The summed E-state index contributed by atoms with van der Waals surface area (Å²) in [5, 5.41) is 13.4. The quantitative estimate of drug-likeness (QED) is 0.755. The average molecular weight is 229 g/mol. The van der Waals surface area contributed by atoms with Crippen LogP contribution in [0.3, 0.4) is 0 Å². The Balaban J connectivity index is 2.42. The van der Waals surface area contributed by atoms with E-state index >= 15 is 0 Å². The Bertz CT molecular complexity index is 546. The van der Waals surface area contributed by atoms with Crippen molar-refractivity contribution in [2.75, 3.05) is 6.61 Å². The van der Waals surface area contributed by atoms with Crippen molar-refractivity contribution in [1.82, 2.24) is 0 Å². The lowest BCUT2D eigenvalue weighted by Crippen LogP contribution is -2.05. The molecular weight excluding hydrogens is 216 g/mol. The molecule has 0 amide bonds. The van der Waals surface area contributed by atoms with Gasteiger partial charge in [0.1, 0.15) is 5.56 Å². The van der Waals surface area contributed by atoms with Gasteiger partial charge in [0.2, 0.25) is 5.75 Å². The van der Waals surface area contributed by atoms with E-state index in [-0.39, 0.29) is 11.3 Å². The van der Waals surface area contributed by atoms with Crippen LogP contribution in [0.15, 0.2) is 36.4 Å². The molecule has 2 rings (SSSR count). The molecule has 0 heterocycles. The molecule has 0 N–H and O–H groups in total. The third kappa shape index (κ3) is 2.23. The van der Waals surface area contributed by atoms with Gasteiger partial charge in [-0.3, -0.25) is 5.11 Å². The molecule has 0 fully saturated rings. The first kappa shape index (κ1) is 11.5. The van der Waals surface area contributed by atoms with Gasteiger partial charge in [0.25, 0.3) is 0 Å².